The zero-order valence-electron chi connectivity index (χ0n) is 4.03. The molecule has 0 aliphatic rings. The van der Waals surface area contributed by atoms with Gasteiger partial charge in [0.05, 0.1) is 5.66 Å². The van der Waals surface area contributed by atoms with Crippen LogP contribution < -0.4 is 0 Å². The first-order chi connectivity index (χ1) is 2.94. The van der Waals surface area contributed by atoms with Crippen LogP contribution in [0.1, 0.15) is 6.92 Å². The maximum atomic E-state index is 9.96. The van der Waals surface area contributed by atoms with Crippen molar-refractivity contribution in [2.24, 2.45) is 0 Å². The molecule has 0 spiro atoms. The summed E-state index contributed by atoms with van der Waals surface area (Å²) in [6.07, 6.45) is 0. The molecule has 3 nitrogen and oxygen atoms in total. The third kappa shape index (κ3) is 2.80. The van der Waals surface area contributed by atoms with E-state index in [1.54, 1.807) is 0 Å². The molecule has 1 unspecified atom stereocenters. The first-order valence-corrected chi connectivity index (χ1v) is 3.51. The summed E-state index contributed by atoms with van der Waals surface area (Å²) in [6.45, 7) is 4.52. The fourth-order valence-corrected chi connectivity index (χ4v) is 0. The van der Waals surface area contributed by atoms with Gasteiger partial charge in [-0.3, -0.25) is 4.57 Å². The monoisotopic (exact) mass is 123 g/mol. The van der Waals surface area contributed by atoms with Crippen LogP contribution in [-0.4, -0.2) is 15.4 Å². The minimum absolute atomic E-state index is 0.785. The van der Waals surface area contributed by atoms with Gasteiger partial charge < -0.3 is 9.79 Å². The van der Waals surface area contributed by atoms with E-state index in [1.165, 1.54) is 6.92 Å². The highest BCUT2D eigenvalue weighted by Crippen LogP contribution is 2.39. The van der Waals surface area contributed by atoms with Gasteiger partial charge in [-0.05, 0) is 6.92 Å². The van der Waals surface area contributed by atoms with Gasteiger partial charge >= 0.3 is 7.60 Å². The molecule has 2 N–H and O–H groups in total. The highest BCUT2D eigenvalue weighted by atomic mass is 31.2. The summed E-state index contributed by atoms with van der Waals surface area (Å²) in [5.41, 5.74) is -0.785. The molecule has 1 atom stereocenters. The van der Waals surface area contributed by atoms with Gasteiger partial charge in [0.15, 0.2) is 0 Å². The van der Waals surface area contributed by atoms with E-state index in [0.717, 1.165) is 0 Å². The van der Waals surface area contributed by atoms with E-state index in [0.29, 0.717) is 0 Å². The molecule has 0 fully saturated rings. The van der Waals surface area contributed by atoms with E-state index >= 15 is 0 Å². The van der Waals surface area contributed by atoms with Crippen molar-refractivity contribution in [1.29, 1.82) is 0 Å². The molecular formula is C3H8O3P. The minimum Gasteiger partial charge on any atom is -0.324 e. The van der Waals surface area contributed by atoms with Crippen LogP contribution in [0.4, 0.5) is 0 Å². The average Bonchev–Trinajstić information content (AvgIpc) is 1.31. The number of hydrogen-bond acceptors (Lipinski definition) is 1. The van der Waals surface area contributed by atoms with Crippen LogP contribution in [0.5, 0.6) is 0 Å². The molecule has 0 saturated carbocycles. The second-order valence-electron chi connectivity index (χ2n) is 1.44. The Morgan fingerprint density at radius 1 is 1.71 bits per heavy atom. The summed E-state index contributed by atoms with van der Waals surface area (Å²) in [4.78, 5) is 16.3. The average molecular weight is 123 g/mol. The Labute approximate surface area is 42.5 Å². The predicted molar refractivity (Wildman–Crippen MR) is 26.9 cm³/mol. The number of hydrogen-bond donors (Lipinski definition) is 2. The zero-order chi connectivity index (χ0) is 6.08. The van der Waals surface area contributed by atoms with Crippen molar-refractivity contribution in [3.8, 4) is 0 Å². The van der Waals surface area contributed by atoms with Gasteiger partial charge in [0.1, 0.15) is 0 Å². The smallest absolute Gasteiger partial charge is 0.324 e. The lowest BCUT2D eigenvalue weighted by molar-refractivity contribution is 0.367. The second kappa shape index (κ2) is 1.95. The molecule has 0 aromatic rings. The molecular weight excluding hydrogens is 115 g/mol. The highest BCUT2D eigenvalue weighted by molar-refractivity contribution is 7.52. The van der Waals surface area contributed by atoms with Crippen LogP contribution in [0, 0.1) is 6.92 Å². The molecule has 4 heteroatoms. The molecule has 0 aliphatic heterocycles. The number of rotatable bonds is 1. The third-order valence-electron chi connectivity index (χ3n) is 0.574. The summed E-state index contributed by atoms with van der Waals surface area (Å²) in [6, 6.07) is 0. The Balaban J connectivity index is 3.80. The van der Waals surface area contributed by atoms with Gasteiger partial charge in [0.2, 0.25) is 0 Å². The molecule has 0 amide bonds. The highest BCUT2D eigenvalue weighted by Gasteiger charge is 2.17. The SMILES string of the molecule is [CH2]C(C)P(=O)(O)O. The summed E-state index contributed by atoms with van der Waals surface area (Å²) in [5.74, 6) is 0. The standard InChI is InChI=1S/C3H8O3P/c1-3(2)7(4,5)6/h3H,1H2,2H3,(H2,4,5,6). The zero-order valence-corrected chi connectivity index (χ0v) is 4.93. The molecule has 0 heterocycles. The molecule has 0 aliphatic carbocycles. The second-order valence-corrected chi connectivity index (χ2v) is 3.50. The Bertz CT molecular complexity index is 92.4. The van der Waals surface area contributed by atoms with Crippen molar-refractivity contribution in [2.75, 3.05) is 0 Å². The first-order valence-electron chi connectivity index (χ1n) is 1.83. The third-order valence-corrected chi connectivity index (χ3v) is 1.72. The largest absolute Gasteiger partial charge is 0.328 e. The van der Waals surface area contributed by atoms with E-state index in [2.05, 4.69) is 6.92 Å². The fraction of sp³-hybridized carbons (Fsp3) is 0.667. The van der Waals surface area contributed by atoms with Crippen molar-refractivity contribution in [3.05, 3.63) is 6.92 Å². The van der Waals surface area contributed by atoms with Crippen LogP contribution in [-0.2, 0) is 4.57 Å². The molecule has 1 radical (unpaired) electrons. The van der Waals surface area contributed by atoms with Gasteiger partial charge in [-0.15, -0.1) is 0 Å². The summed E-state index contributed by atoms with van der Waals surface area (Å²) in [5, 5.41) is 0. The summed E-state index contributed by atoms with van der Waals surface area (Å²) in [7, 11) is -3.85. The molecule has 0 saturated heterocycles. The van der Waals surface area contributed by atoms with E-state index in [-0.39, 0.29) is 0 Å². The molecule has 0 aromatic heterocycles. The van der Waals surface area contributed by atoms with E-state index in [4.69, 9.17) is 9.79 Å². The Hall–Kier alpha value is 0.150. The van der Waals surface area contributed by atoms with Crippen molar-refractivity contribution in [3.63, 3.8) is 0 Å². The van der Waals surface area contributed by atoms with Gasteiger partial charge in [-0.25, -0.2) is 0 Å². The quantitative estimate of drug-likeness (QED) is 0.496. The molecule has 0 rings (SSSR count). The lowest BCUT2D eigenvalue weighted by atomic mass is 10.6. The van der Waals surface area contributed by atoms with Gasteiger partial charge in [-0.2, -0.15) is 0 Å². The Kier molecular flexibility index (Phi) is 1.99. The van der Waals surface area contributed by atoms with Crippen molar-refractivity contribution < 1.29 is 14.4 Å². The Morgan fingerprint density at radius 3 is 1.86 bits per heavy atom. The van der Waals surface area contributed by atoms with Gasteiger partial charge in [0, 0.05) is 0 Å². The van der Waals surface area contributed by atoms with Crippen LogP contribution >= 0.6 is 7.60 Å². The van der Waals surface area contributed by atoms with E-state index < -0.39 is 13.3 Å². The maximum Gasteiger partial charge on any atom is 0.328 e. The molecule has 0 bridgehead atoms. The predicted octanol–water partition coefficient (Wildman–Crippen LogP) is 0.387. The maximum absolute atomic E-state index is 9.96. The van der Waals surface area contributed by atoms with Gasteiger partial charge in [-0.1, -0.05) is 6.92 Å². The Morgan fingerprint density at radius 2 is 1.86 bits per heavy atom. The van der Waals surface area contributed by atoms with Crippen molar-refractivity contribution in [1.82, 2.24) is 0 Å². The lowest BCUT2D eigenvalue weighted by Gasteiger charge is -2.04. The van der Waals surface area contributed by atoms with E-state index in [1.807, 2.05) is 0 Å². The van der Waals surface area contributed by atoms with Crippen molar-refractivity contribution in [2.45, 2.75) is 12.6 Å². The lowest BCUT2D eigenvalue weighted by Crippen LogP contribution is -1.94. The van der Waals surface area contributed by atoms with Gasteiger partial charge in [0.25, 0.3) is 0 Å². The minimum atomic E-state index is -3.85. The molecule has 7 heavy (non-hydrogen) atoms. The van der Waals surface area contributed by atoms with Crippen LogP contribution in [0.2, 0.25) is 0 Å². The molecule has 43 valence electrons. The van der Waals surface area contributed by atoms with Crippen LogP contribution in [0.3, 0.4) is 0 Å². The van der Waals surface area contributed by atoms with Crippen LogP contribution in [0.15, 0.2) is 0 Å². The summed E-state index contributed by atoms with van der Waals surface area (Å²) >= 11 is 0. The van der Waals surface area contributed by atoms with Crippen LogP contribution in [0.25, 0.3) is 0 Å². The summed E-state index contributed by atoms with van der Waals surface area (Å²) < 4.78 is 9.96. The normalized spacial score (nSPS) is 12.7. The topological polar surface area (TPSA) is 57.5 Å². The van der Waals surface area contributed by atoms with Crippen molar-refractivity contribution >= 4 is 7.60 Å². The van der Waals surface area contributed by atoms with E-state index in [9.17, 15) is 4.57 Å². The first kappa shape index (κ1) is 7.15. The molecule has 0 aromatic carbocycles. The fourth-order valence-electron chi connectivity index (χ4n) is 0.